The summed E-state index contributed by atoms with van der Waals surface area (Å²) in [5.41, 5.74) is -1.48. The summed E-state index contributed by atoms with van der Waals surface area (Å²) >= 11 is 0. The monoisotopic (exact) mass is 252 g/mol. The number of hydrogen-bond acceptors (Lipinski definition) is 5. The quantitative estimate of drug-likeness (QED) is 0.596. The molecule has 0 fully saturated rings. The summed E-state index contributed by atoms with van der Waals surface area (Å²) in [4.78, 5) is 21.8. The number of benzene rings is 1. The van der Waals surface area contributed by atoms with Crippen LogP contribution in [0.15, 0.2) is 18.2 Å². The molecule has 3 N–H and O–H groups in total. The zero-order valence-electron chi connectivity index (χ0n) is 7.75. The molecule has 1 aromatic carbocycles. The van der Waals surface area contributed by atoms with Gasteiger partial charge in [0.05, 0.1) is 5.56 Å². The van der Waals surface area contributed by atoms with Gasteiger partial charge in [-0.25, -0.2) is 14.0 Å². The number of carboxylic acid groups (broad SMARTS) is 1. The molecule has 17 heavy (non-hydrogen) atoms. The van der Waals surface area contributed by atoms with Gasteiger partial charge in [-0.2, -0.15) is 0 Å². The molecule has 0 aliphatic carbocycles. The van der Waals surface area contributed by atoms with Crippen LogP contribution in [0, 0.1) is 5.82 Å². The molecule has 6 nitrogen and oxygen atoms in total. The molecule has 0 unspecified atom stereocenters. The van der Waals surface area contributed by atoms with Gasteiger partial charge in [-0.3, -0.25) is 0 Å². The molecule has 0 aromatic heterocycles. The maximum atomic E-state index is 13.1. The molecular formula is C8H7BFNaO6. The summed E-state index contributed by atoms with van der Waals surface area (Å²) in [6.07, 6.45) is 0. The molecule has 0 aliphatic heterocycles. The molecule has 0 bridgehead atoms. The van der Waals surface area contributed by atoms with Crippen molar-refractivity contribution in [2.24, 2.45) is 0 Å². The summed E-state index contributed by atoms with van der Waals surface area (Å²) in [5.74, 6) is -4.11. The van der Waals surface area contributed by atoms with Gasteiger partial charge >= 0.3 is 48.8 Å². The van der Waals surface area contributed by atoms with E-state index >= 15 is 0 Å². The topological polar surface area (TPSA) is 104 Å². The normalized spacial score (nSPS) is 9.12. The summed E-state index contributed by atoms with van der Waals surface area (Å²) in [7, 11) is -2.39. The Kier molecular flexibility index (Phi) is 6.36. The number of halogens is 1. The first-order chi connectivity index (χ1) is 7.43. The second-order valence-corrected chi connectivity index (χ2v) is 2.70. The minimum atomic E-state index is -2.39. The van der Waals surface area contributed by atoms with Crippen molar-refractivity contribution in [3.05, 3.63) is 35.1 Å². The number of hydrogen-bond donors (Lipinski definition) is 3. The van der Waals surface area contributed by atoms with E-state index in [1.165, 1.54) is 0 Å². The Morgan fingerprint density at radius 1 is 1.29 bits per heavy atom. The molecule has 0 aliphatic rings. The van der Waals surface area contributed by atoms with Gasteiger partial charge in [-0.05, 0) is 12.1 Å². The molecule has 86 valence electrons. The van der Waals surface area contributed by atoms with Crippen molar-refractivity contribution in [2.45, 2.75) is 0 Å². The standard InChI is InChI=1S/C8H6BFO6.Na.H/c10-5-3-1-2-4(6(5)7(11)12)8(13)16-9(14)15;;/h1-3,14-15H,(H,11,12);;. The maximum absolute atomic E-state index is 13.1. The van der Waals surface area contributed by atoms with Crippen LogP contribution in [0.1, 0.15) is 20.7 Å². The van der Waals surface area contributed by atoms with Gasteiger partial charge in [0.15, 0.2) is 0 Å². The average Bonchev–Trinajstić information content (AvgIpc) is 2.15. The van der Waals surface area contributed by atoms with Crippen molar-refractivity contribution in [1.82, 2.24) is 0 Å². The molecule has 0 radical (unpaired) electrons. The van der Waals surface area contributed by atoms with Crippen LogP contribution >= 0.6 is 0 Å². The van der Waals surface area contributed by atoms with E-state index in [9.17, 15) is 14.0 Å². The van der Waals surface area contributed by atoms with Crippen LogP contribution < -0.4 is 0 Å². The second-order valence-electron chi connectivity index (χ2n) is 2.70. The van der Waals surface area contributed by atoms with Gasteiger partial charge in [0, 0.05) is 0 Å². The van der Waals surface area contributed by atoms with E-state index in [1.807, 2.05) is 0 Å². The van der Waals surface area contributed by atoms with E-state index in [2.05, 4.69) is 4.65 Å². The summed E-state index contributed by atoms with van der Waals surface area (Å²) in [5, 5.41) is 25.4. The minimum absolute atomic E-state index is 0. The molecule has 0 amide bonds. The summed E-state index contributed by atoms with van der Waals surface area (Å²) < 4.78 is 17.0. The van der Waals surface area contributed by atoms with Gasteiger partial charge in [-0.15, -0.1) is 0 Å². The van der Waals surface area contributed by atoms with Crippen molar-refractivity contribution in [1.29, 1.82) is 0 Å². The Labute approximate surface area is 117 Å². The van der Waals surface area contributed by atoms with Crippen LogP contribution in [-0.2, 0) is 4.65 Å². The summed E-state index contributed by atoms with van der Waals surface area (Å²) in [6, 6.07) is 2.95. The molecule has 9 heteroatoms. The average molecular weight is 252 g/mol. The van der Waals surface area contributed by atoms with E-state index in [4.69, 9.17) is 15.2 Å². The molecule has 0 heterocycles. The second kappa shape index (κ2) is 6.72. The Balaban J connectivity index is 0.00000256. The van der Waals surface area contributed by atoms with Crippen LogP contribution in [0.5, 0.6) is 0 Å². The van der Waals surface area contributed by atoms with E-state index in [-0.39, 0.29) is 29.6 Å². The van der Waals surface area contributed by atoms with Gasteiger partial charge in [0.1, 0.15) is 11.4 Å². The molecule has 0 saturated heterocycles. The Hall–Kier alpha value is -0.925. The van der Waals surface area contributed by atoms with Gasteiger partial charge in [0.25, 0.3) is 0 Å². The van der Waals surface area contributed by atoms with Crippen molar-refractivity contribution in [3.8, 4) is 0 Å². The Morgan fingerprint density at radius 3 is 2.35 bits per heavy atom. The summed E-state index contributed by atoms with van der Waals surface area (Å²) in [6.45, 7) is 0. The first-order valence-corrected chi connectivity index (χ1v) is 4.02. The first-order valence-electron chi connectivity index (χ1n) is 4.02. The number of carboxylic acids is 1. The molecule has 0 atom stereocenters. The zero-order chi connectivity index (χ0) is 12.3. The van der Waals surface area contributed by atoms with E-state index in [1.54, 1.807) is 0 Å². The number of rotatable bonds is 3. The fourth-order valence-electron chi connectivity index (χ4n) is 1.07. The van der Waals surface area contributed by atoms with Crippen LogP contribution in [0.4, 0.5) is 4.39 Å². The van der Waals surface area contributed by atoms with E-state index in [0.29, 0.717) is 0 Å². The number of carbonyl (C=O) groups excluding carboxylic acids is 1. The van der Waals surface area contributed by atoms with Crippen molar-refractivity contribution in [2.75, 3.05) is 0 Å². The van der Waals surface area contributed by atoms with Crippen LogP contribution in [-0.4, -0.2) is 64.0 Å². The Morgan fingerprint density at radius 2 is 1.88 bits per heavy atom. The van der Waals surface area contributed by atoms with Gasteiger partial charge in [0.2, 0.25) is 0 Å². The van der Waals surface area contributed by atoms with Gasteiger partial charge < -0.3 is 19.8 Å². The Bertz CT molecular complexity index is 438. The van der Waals surface area contributed by atoms with E-state index < -0.39 is 36.2 Å². The fraction of sp³-hybridized carbons (Fsp3) is 0. The van der Waals surface area contributed by atoms with Gasteiger partial charge in [-0.1, -0.05) is 6.07 Å². The third kappa shape index (κ3) is 4.10. The third-order valence-corrected chi connectivity index (χ3v) is 1.66. The van der Waals surface area contributed by atoms with Crippen LogP contribution in [0.2, 0.25) is 0 Å². The zero-order valence-corrected chi connectivity index (χ0v) is 7.75. The first kappa shape index (κ1) is 16.1. The predicted octanol–water partition coefficient (Wildman–Crippen LogP) is -0.998. The van der Waals surface area contributed by atoms with Crippen molar-refractivity contribution in [3.63, 3.8) is 0 Å². The van der Waals surface area contributed by atoms with Crippen molar-refractivity contribution >= 4 is 48.8 Å². The molecule has 1 rings (SSSR count). The molecular weight excluding hydrogens is 245 g/mol. The molecule has 0 spiro atoms. The van der Waals surface area contributed by atoms with Crippen molar-refractivity contribution < 1.29 is 33.8 Å². The fourth-order valence-corrected chi connectivity index (χ4v) is 1.07. The van der Waals surface area contributed by atoms with E-state index in [0.717, 1.165) is 18.2 Å². The third-order valence-electron chi connectivity index (χ3n) is 1.66. The number of carbonyl (C=O) groups is 2. The van der Waals surface area contributed by atoms with Crippen LogP contribution in [0.3, 0.4) is 0 Å². The molecule has 0 saturated carbocycles. The van der Waals surface area contributed by atoms with Crippen LogP contribution in [0.25, 0.3) is 0 Å². The number of aromatic carboxylic acids is 1. The SMILES string of the molecule is O=C(OB(O)O)c1cccc(F)c1C(=O)O.[NaH]. The molecule has 1 aromatic rings. The predicted molar refractivity (Wildman–Crippen MR) is 56.1 cm³/mol.